The smallest absolute Gasteiger partial charge is 0.417 e. The minimum atomic E-state index is -4.73. The second kappa shape index (κ2) is 21.7. The summed E-state index contributed by atoms with van der Waals surface area (Å²) in [6.45, 7) is 19.8. The summed E-state index contributed by atoms with van der Waals surface area (Å²) in [4.78, 5) is 74.4. The van der Waals surface area contributed by atoms with E-state index in [4.69, 9.17) is 9.47 Å². The maximum atomic E-state index is 14.1. The fraction of sp³-hybridized carbons (Fsp3) is 0.538. The fourth-order valence-electron chi connectivity index (χ4n) is 10.4. The van der Waals surface area contributed by atoms with E-state index >= 15 is 0 Å². The Kier molecular flexibility index (Phi) is 16.2. The van der Waals surface area contributed by atoms with E-state index in [1.54, 1.807) is 29.1 Å². The van der Waals surface area contributed by atoms with Crippen LogP contribution in [0.5, 0.6) is 5.75 Å². The second-order valence-corrected chi connectivity index (χ2v) is 22.2. The number of benzene rings is 2. The Hall–Kier alpha value is -6.21. The highest BCUT2D eigenvalue weighted by Gasteiger charge is 2.64. The summed E-state index contributed by atoms with van der Waals surface area (Å²) in [7, 11) is 0. The number of nitriles is 1. The minimum absolute atomic E-state index is 0.0219. The number of aliphatic hydroxyl groups excluding tert-OH is 1. The van der Waals surface area contributed by atoms with Crippen molar-refractivity contribution in [3.63, 3.8) is 0 Å². The van der Waals surface area contributed by atoms with E-state index in [9.17, 15) is 42.7 Å². The maximum Gasteiger partial charge on any atom is 0.417 e. The Balaban J connectivity index is 0.836. The Bertz CT molecular complexity index is 2660. The summed E-state index contributed by atoms with van der Waals surface area (Å²) in [5, 5.41) is 28.7. The molecule has 2 aromatic carbocycles. The van der Waals surface area contributed by atoms with E-state index in [0.717, 1.165) is 33.8 Å². The number of aryl methyl sites for hydroxylation is 1. The fourth-order valence-corrected chi connectivity index (χ4v) is 11.3. The van der Waals surface area contributed by atoms with Crippen molar-refractivity contribution >= 4 is 40.8 Å². The van der Waals surface area contributed by atoms with Crippen molar-refractivity contribution in [1.29, 1.82) is 5.26 Å². The standard InChI is InChI=1S/C52H65F3N10O7S/c1-30(32-10-12-33(13-11-32)42-31(2)59-29-73-42)60-45(69)39-22-35(66)27-65(39)46(70)43(49(3,4)5)61-41(67)28-71-21-20-63-16-18-64(19-17-63)40-26-57-38(25-58-40)44(68)62-47-50(6,7)48(51(47,8)9)72-36-15-14-34(24-56)37(23-36)52(53,54)55/h10-15,23,25-26,29-30,35,39,43,47-48,66H,16-22,27-28H2,1-9H3,(H,60,69)(H,61,67)(H,62,68)/t30-,35+,39-,43+,47-,48-/m0/s1. The molecule has 3 fully saturated rings. The van der Waals surface area contributed by atoms with Crippen LogP contribution in [-0.4, -0.2) is 136 Å². The van der Waals surface area contributed by atoms with Crippen molar-refractivity contribution in [3.8, 4) is 22.3 Å². The predicted octanol–water partition coefficient (Wildman–Crippen LogP) is 5.92. The first-order valence-corrected chi connectivity index (χ1v) is 25.2. The molecule has 4 N–H and O–H groups in total. The number of carbonyl (C=O) groups is 4. The molecule has 1 aliphatic carbocycles. The molecule has 4 amide bonds. The Morgan fingerprint density at radius 2 is 1.64 bits per heavy atom. The molecular weight excluding hydrogens is 966 g/mol. The monoisotopic (exact) mass is 1030 g/mol. The van der Waals surface area contributed by atoms with Crippen LogP contribution in [0.15, 0.2) is 60.4 Å². The number of hydrogen-bond donors (Lipinski definition) is 4. The first-order chi connectivity index (χ1) is 34.3. The van der Waals surface area contributed by atoms with E-state index in [-0.39, 0.29) is 43.7 Å². The molecular formula is C52H65F3N10O7S. The number of thiazole rings is 1. The van der Waals surface area contributed by atoms with Gasteiger partial charge in [0, 0.05) is 62.6 Å². The molecule has 0 unspecified atom stereocenters. The quantitative estimate of drug-likeness (QED) is 0.0961. The summed E-state index contributed by atoms with van der Waals surface area (Å²) in [6, 6.07) is 10.0. The molecule has 4 atom stereocenters. The topological polar surface area (TPSA) is 215 Å². The predicted molar refractivity (Wildman–Crippen MR) is 267 cm³/mol. The van der Waals surface area contributed by atoms with Crippen LogP contribution >= 0.6 is 11.3 Å². The number of likely N-dealkylation sites (tertiary alicyclic amines) is 1. The maximum absolute atomic E-state index is 14.1. The molecule has 2 aliphatic heterocycles. The lowest BCUT2D eigenvalue weighted by Crippen LogP contribution is -2.74. The number of anilines is 1. The minimum Gasteiger partial charge on any atom is -0.489 e. The first kappa shape index (κ1) is 54.6. The number of aromatic nitrogens is 3. The molecule has 4 heterocycles. The van der Waals surface area contributed by atoms with Crippen LogP contribution < -0.4 is 25.6 Å². The van der Waals surface area contributed by atoms with Gasteiger partial charge in [-0.25, -0.2) is 15.0 Å². The first-order valence-electron chi connectivity index (χ1n) is 24.3. The summed E-state index contributed by atoms with van der Waals surface area (Å²) in [5.41, 5.74) is 1.10. The Labute approximate surface area is 427 Å². The molecule has 3 aliphatic rings. The van der Waals surface area contributed by atoms with Gasteiger partial charge in [0.15, 0.2) is 0 Å². The largest absolute Gasteiger partial charge is 0.489 e. The molecule has 0 spiro atoms. The van der Waals surface area contributed by atoms with E-state index in [0.29, 0.717) is 38.5 Å². The number of aliphatic hydroxyl groups is 1. The number of carbonyl (C=O) groups excluding carboxylic acids is 4. The number of amides is 4. The van der Waals surface area contributed by atoms with Gasteiger partial charge in [0.25, 0.3) is 5.91 Å². The van der Waals surface area contributed by atoms with Crippen LogP contribution in [0, 0.1) is 34.5 Å². The normalized spacial score (nSPS) is 21.6. The van der Waals surface area contributed by atoms with Gasteiger partial charge >= 0.3 is 6.18 Å². The Morgan fingerprint density at radius 1 is 0.959 bits per heavy atom. The molecule has 2 aromatic heterocycles. The lowest BCUT2D eigenvalue weighted by Gasteiger charge is -2.63. The van der Waals surface area contributed by atoms with Crippen LogP contribution in [0.4, 0.5) is 19.0 Å². The lowest BCUT2D eigenvalue weighted by atomic mass is 9.49. The van der Waals surface area contributed by atoms with Gasteiger partial charge in [-0.15, -0.1) is 11.3 Å². The summed E-state index contributed by atoms with van der Waals surface area (Å²) in [5.74, 6) is -1.21. The Morgan fingerprint density at radius 3 is 2.23 bits per heavy atom. The third-order valence-corrected chi connectivity index (χ3v) is 15.2. The van der Waals surface area contributed by atoms with Gasteiger partial charge in [-0.1, -0.05) is 72.7 Å². The zero-order valence-electron chi connectivity index (χ0n) is 42.7. The lowest BCUT2D eigenvalue weighted by molar-refractivity contribution is -0.164. The summed E-state index contributed by atoms with van der Waals surface area (Å²) >= 11 is 1.56. The molecule has 2 saturated heterocycles. The molecule has 1 saturated carbocycles. The molecule has 0 radical (unpaired) electrons. The van der Waals surface area contributed by atoms with E-state index < -0.39 is 87.5 Å². The molecule has 7 rings (SSSR count). The highest BCUT2D eigenvalue weighted by atomic mass is 32.1. The molecule has 17 nitrogen and oxygen atoms in total. The molecule has 4 aromatic rings. The van der Waals surface area contributed by atoms with E-state index in [2.05, 4.69) is 40.7 Å². The van der Waals surface area contributed by atoms with Gasteiger partial charge in [-0.2, -0.15) is 18.4 Å². The third-order valence-electron chi connectivity index (χ3n) is 14.2. The van der Waals surface area contributed by atoms with Gasteiger partial charge in [0.1, 0.15) is 42.1 Å². The van der Waals surface area contributed by atoms with Gasteiger partial charge in [-0.05, 0) is 48.6 Å². The number of alkyl halides is 3. The zero-order valence-corrected chi connectivity index (χ0v) is 43.5. The van der Waals surface area contributed by atoms with Gasteiger partial charge in [0.2, 0.25) is 17.7 Å². The zero-order chi connectivity index (χ0) is 53.2. The van der Waals surface area contributed by atoms with Crippen LogP contribution in [0.25, 0.3) is 10.4 Å². The number of nitrogens with one attached hydrogen (secondary N) is 3. The third kappa shape index (κ3) is 12.3. The van der Waals surface area contributed by atoms with E-state index in [1.807, 2.05) is 86.6 Å². The van der Waals surface area contributed by atoms with Crippen molar-refractivity contribution in [2.75, 3.05) is 57.4 Å². The van der Waals surface area contributed by atoms with Gasteiger partial charge in [0.05, 0.1) is 64.4 Å². The summed E-state index contributed by atoms with van der Waals surface area (Å²) in [6.07, 6.45) is -3.17. The van der Waals surface area contributed by atoms with Crippen LogP contribution in [-0.2, 0) is 25.3 Å². The van der Waals surface area contributed by atoms with Crippen molar-refractivity contribution in [3.05, 3.63) is 88.4 Å². The average Bonchev–Trinajstić information content (AvgIpc) is 3.97. The molecule has 21 heteroatoms. The van der Waals surface area contributed by atoms with Crippen LogP contribution in [0.2, 0.25) is 0 Å². The number of nitrogens with zero attached hydrogens (tertiary/aromatic N) is 7. The number of hydrogen-bond acceptors (Lipinski definition) is 14. The van der Waals surface area contributed by atoms with Crippen LogP contribution in [0.3, 0.4) is 0 Å². The highest BCUT2D eigenvalue weighted by molar-refractivity contribution is 7.13. The molecule has 73 heavy (non-hydrogen) atoms. The number of β-amino-alcohol motifs (C(OH)–C–C–N with tert-alkyl or cyclic N) is 1. The summed E-state index contributed by atoms with van der Waals surface area (Å²) < 4.78 is 52.7. The van der Waals surface area contributed by atoms with Crippen molar-refractivity contribution in [2.45, 2.75) is 111 Å². The van der Waals surface area contributed by atoms with Crippen molar-refractivity contribution in [2.24, 2.45) is 16.2 Å². The number of rotatable bonds is 16. The SMILES string of the molecule is Cc1ncsc1-c1ccc([C@H](C)NC(=O)[C@@H]2C[C@@H](O)CN2C(=O)[C@@H](NC(=O)COCCN2CCN(c3cnc(C(=O)N[C@H]4C(C)(C)[C@H](Oc5ccc(C#N)c(C(F)(F)F)c5)C4(C)C)cn3)CC2)C(C)(C)C)cc1. The van der Waals surface area contributed by atoms with E-state index in [1.165, 1.54) is 17.2 Å². The number of halogens is 3. The van der Waals surface area contributed by atoms with Gasteiger partial charge in [-0.3, -0.25) is 24.1 Å². The second-order valence-electron chi connectivity index (χ2n) is 21.4. The average molecular weight is 1030 g/mol. The molecule has 392 valence electrons. The van der Waals surface area contributed by atoms with Gasteiger partial charge < -0.3 is 40.3 Å². The molecule has 0 bridgehead atoms. The highest BCUT2D eigenvalue weighted by Crippen LogP contribution is 2.56. The number of ether oxygens (including phenoxy) is 2. The van der Waals surface area contributed by atoms with Crippen molar-refractivity contribution in [1.82, 2.24) is 40.7 Å². The number of piperazine rings is 1. The van der Waals surface area contributed by atoms with Crippen LogP contribution in [0.1, 0.15) is 101 Å². The van der Waals surface area contributed by atoms with Crippen molar-refractivity contribution < 1.29 is 46.9 Å².